The molecule has 0 saturated carbocycles. The smallest absolute Gasteiger partial charge is 0.228 e. The second-order valence-electron chi connectivity index (χ2n) is 7.59. The molecule has 154 valence electrons. The predicted molar refractivity (Wildman–Crippen MR) is 107 cm³/mol. The lowest BCUT2D eigenvalue weighted by molar-refractivity contribution is -0.137. The minimum atomic E-state index is -0.214. The lowest BCUT2D eigenvalue weighted by atomic mass is 10.0. The Hall–Kier alpha value is -2.28. The molecule has 2 amide bonds. The molecule has 2 aliphatic heterocycles. The van der Waals surface area contributed by atoms with Gasteiger partial charge in [0, 0.05) is 38.6 Å². The Bertz CT molecular complexity index is 709. The molecular formula is C21H31N3O4. The molecule has 2 unspecified atom stereocenters. The molecule has 0 aliphatic carbocycles. The molecule has 2 heterocycles. The maximum atomic E-state index is 12.9. The van der Waals surface area contributed by atoms with Crippen molar-refractivity contribution in [2.75, 3.05) is 47.4 Å². The summed E-state index contributed by atoms with van der Waals surface area (Å²) < 4.78 is 10.6. The number of nitrogens with zero attached hydrogens (tertiary/aromatic N) is 2. The number of piperidine rings is 1. The van der Waals surface area contributed by atoms with Crippen LogP contribution in [0.15, 0.2) is 18.2 Å². The Morgan fingerprint density at radius 2 is 2.00 bits per heavy atom. The van der Waals surface area contributed by atoms with Gasteiger partial charge in [0.2, 0.25) is 11.8 Å². The van der Waals surface area contributed by atoms with E-state index in [9.17, 15) is 9.59 Å². The Labute approximate surface area is 167 Å². The lowest BCUT2D eigenvalue weighted by Gasteiger charge is -2.34. The molecule has 3 rings (SSSR count). The number of rotatable bonds is 7. The number of methoxy groups -OCH3 is 2. The number of nitrogens with one attached hydrogen (secondary N) is 1. The van der Waals surface area contributed by atoms with Gasteiger partial charge in [-0.05, 0) is 44.0 Å². The Morgan fingerprint density at radius 3 is 2.71 bits per heavy atom. The van der Waals surface area contributed by atoms with E-state index in [1.807, 2.05) is 35.0 Å². The van der Waals surface area contributed by atoms with E-state index >= 15 is 0 Å². The number of hydrogen-bond donors (Lipinski definition) is 1. The zero-order chi connectivity index (χ0) is 20.1. The highest BCUT2D eigenvalue weighted by atomic mass is 16.5. The van der Waals surface area contributed by atoms with Crippen molar-refractivity contribution in [1.29, 1.82) is 0 Å². The van der Waals surface area contributed by atoms with Crippen LogP contribution in [0, 0.1) is 5.92 Å². The first-order chi connectivity index (χ1) is 13.5. The third kappa shape index (κ3) is 4.58. The highest BCUT2D eigenvalue weighted by Crippen LogP contribution is 2.28. The molecule has 1 N–H and O–H groups in total. The van der Waals surface area contributed by atoms with Gasteiger partial charge >= 0.3 is 0 Å². The SMILES string of the molecule is CNC1CCCN(C(=O)C2CC(=O)N(CCc3ccc(OC)c(OC)c3)C2)C1. The average molecular weight is 389 g/mol. The molecule has 0 bridgehead atoms. The van der Waals surface area contributed by atoms with E-state index in [-0.39, 0.29) is 17.7 Å². The zero-order valence-corrected chi connectivity index (χ0v) is 17.1. The van der Waals surface area contributed by atoms with Gasteiger partial charge in [-0.1, -0.05) is 6.07 Å². The number of likely N-dealkylation sites (N-methyl/N-ethyl adjacent to an activating group) is 1. The minimum absolute atomic E-state index is 0.0704. The van der Waals surface area contributed by atoms with Crippen LogP contribution in [0.5, 0.6) is 11.5 Å². The lowest BCUT2D eigenvalue weighted by Crippen LogP contribution is -2.49. The zero-order valence-electron chi connectivity index (χ0n) is 17.1. The summed E-state index contributed by atoms with van der Waals surface area (Å²) in [6.07, 6.45) is 3.16. The maximum absolute atomic E-state index is 12.9. The fourth-order valence-corrected chi connectivity index (χ4v) is 4.13. The van der Waals surface area contributed by atoms with E-state index in [2.05, 4.69) is 5.32 Å². The third-order valence-electron chi connectivity index (χ3n) is 5.82. The Balaban J connectivity index is 1.55. The topological polar surface area (TPSA) is 71.1 Å². The van der Waals surface area contributed by atoms with Gasteiger partial charge in [-0.25, -0.2) is 0 Å². The largest absolute Gasteiger partial charge is 0.493 e. The summed E-state index contributed by atoms with van der Waals surface area (Å²) in [5, 5.41) is 3.26. The van der Waals surface area contributed by atoms with E-state index in [1.165, 1.54) is 0 Å². The fraction of sp³-hybridized carbons (Fsp3) is 0.619. The van der Waals surface area contributed by atoms with Gasteiger partial charge in [0.1, 0.15) is 0 Å². The minimum Gasteiger partial charge on any atom is -0.493 e. The number of likely N-dealkylation sites (tertiary alicyclic amines) is 2. The number of hydrogen-bond acceptors (Lipinski definition) is 5. The van der Waals surface area contributed by atoms with E-state index < -0.39 is 0 Å². The first-order valence-corrected chi connectivity index (χ1v) is 10.0. The number of amides is 2. The summed E-state index contributed by atoms with van der Waals surface area (Å²) in [7, 11) is 5.16. The maximum Gasteiger partial charge on any atom is 0.228 e. The van der Waals surface area contributed by atoms with Crippen molar-refractivity contribution in [1.82, 2.24) is 15.1 Å². The molecule has 2 aliphatic rings. The van der Waals surface area contributed by atoms with Crippen molar-refractivity contribution in [3.63, 3.8) is 0 Å². The van der Waals surface area contributed by atoms with Crippen molar-refractivity contribution in [2.24, 2.45) is 5.92 Å². The van der Waals surface area contributed by atoms with Crippen LogP contribution in [0.1, 0.15) is 24.8 Å². The van der Waals surface area contributed by atoms with Gasteiger partial charge in [0.25, 0.3) is 0 Å². The van der Waals surface area contributed by atoms with Crippen molar-refractivity contribution in [3.8, 4) is 11.5 Å². The van der Waals surface area contributed by atoms with Crippen LogP contribution in [-0.2, 0) is 16.0 Å². The second kappa shape index (κ2) is 9.28. The fourth-order valence-electron chi connectivity index (χ4n) is 4.13. The summed E-state index contributed by atoms with van der Waals surface area (Å²) in [5.74, 6) is 1.36. The standard InChI is InChI=1S/C21H31N3O4/c1-22-17-5-4-9-24(14-17)21(26)16-12-20(25)23(13-16)10-8-15-6-7-18(27-2)19(11-15)28-3/h6-7,11,16-17,22H,4-5,8-10,12-14H2,1-3H3. The molecule has 0 aromatic heterocycles. The van der Waals surface area contributed by atoms with E-state index in [0.717, 1.165) is 37.9 Å². The number of benzene rings is 1. The number of carbonyl (C=O) groups excluding carboxylic acids is 2. The highest BCUT2D eigenvalue weighted by molar-refractivity contribution is 5.89. The summed E-state index contributed by atoms with van der Waals surface area (Å²) in [6, 6.07) is 6.15. The van der Waals surface area contributed by atoms with Crippen LogP contribution in [-0.4, -0.2) is 75.1 Å². The van der Waals surface area contributed by atoms with Gasteiger partial charge in [-0.15, -0.1) is 0 Å². The summed E-state index contributed by atoms with van der Waals surface area (Å²) in [4.78, 5) is 29.1. The molecule has 1 aromatic rings. The van der Waals surface area contributed by atoms with Crippen LogP contribution in [0.4, 0.5) is 0 Å². The van der Waals surface area contributed by atoms with Gasteiger partial charge in [-0.3, -0.25) is 9.59 Å². The Morgan fingerprint density at radius 1 is 1.21 bits per heavy atom. The number of carbonyl (C=O) groups is 2. The molecule has 28 heavy (non-hydrogen) atoms. The summed E-state index contributed by atoms with van der Waals surface area (Å²) in [5.41, 5.74) is 1.08. The first-order valence-electron chi connectivity index (χ1n) is 10.0. The van der Waals surface area contributed by atoms with E-state index in [1.54, 1.807) is 14.2 Å². The monoisotopic (exact) mass is 389 g/mol. The molecule has 7 nitrogen and oxygen atoms in total. The van der Waals surface area contributed by atoms with Crippen LogP contribution in [0.3, 0.4) is 0 Å². The summed E-state index contributed by atoms with van der Waals surface area (Å²) in [6.45, 7) is 2.67. The van der Waals surface area contributed by atoms with E-state index in [4.69, 9.17) is 9.47 Å². The molecule has 2 saturated heterocycles. The number of ether oxygens (including phenoxy) is 2. The van der Waals surface area contributed by atoms with Crippen LogP contribution >= 0.6 is 0 Å². The highest BCUT2D eigenvalue weighted by Gasteiger charge is 2.37. The van der Waals surface area contributed by atoms with Crippen molar-refractivity contribution >= 4 is 11.8 Å². The Kier molecular flexibility index (Phi) is 6.78. The average Bonchev–Trinajstić information content (AvgIpc) is 3.11. The third-order valence-corrected chi connectivity index (χ3v) is 5.82. The van der Waals surface area contributed by atoms with Crippen LogP contribution in [0.2, 0.25) is 0 Å². The van der Waals surface area contributed by atoms with E-state index in [0.29, 0.717) is 37.1 Å². The van der Waals surface area contributed by atoms with Gasteiger partial charge < -0.3 is 24.6 Å². The molecule has 1 aromatic carbocycles. The molecule has 2 atom stereocenters. The van der Waals surface area contributed by atoms with Gasteiger partial charge in [0.05, 0.1) is 20.1 Å². The molecule has 0 spiro atoms. The molecule has 2 fully saturated rings. The second-order valence-corrected chi connectivity index (χ2v) is 7.59. The molecule has 0 radical (unpaired) electrons. The van der Waals surface area contributed by atoms with Crippen molar-refractivity contribution in [2.45, 2.75) is 31.7 Å². The van der Waals surface area contributed by atoms with Gasteiger partial charge in [0.15, 0.2) is 11.5 Å². The van der Waals surface area contributed by atoms with Gasteiger partial charge in [-0.2, -0.15) is 0 Å². The van der Waals surface area contributed by atoms with Crippen molar-refractivity contribution in [3.05, 3.63) is 23.8 Å². The molecule has 7 heteroatoms. The molecular weight excluding hydrogens is 358 g/mol. The predicted octanol–water partition coefficient (Wildman–Crippen LogP) is 1.31. The quantitative estimate of drug-likeness (QED) is 0.761. The van der Waals surface area contributed by atoms with Crippen LogP contribution in [0.25, 0.3) is 0 Å². The first kappa shape index (κ1) is 20.5. The normalized spacial score (nSPS) is 22.5. The van der Waals surface area contributed by atoms with Crippen LogP contribution < -0.4 is 14.8 Å². The summed E-state index contributed by atoms with van der Waals surface area (Å²) >= 11 is 0. The van der Waals surface area contributed by atoms with Crippen molar-refractivity contribution < 1.29 is 19.1 Å².